The molecule has 0 aliphatic carbocycles. The van der Waals surface area contributed by atoms with Crippen molar-refractivity contribution in [1.82, 2.24) is 4.73 Å². The summed E-state index contributed by atoms with van der Waals surface area (Å²) in [6, 6.07) is 16.2. The van der Waals surface area contributed by atoms with Crippen molar-refractivity contribution in [3.63, 3.8) is 0 Å². The monoisotopic (exact) mass is 296 g/mol. The quantitative estimate of drug-likeness (QED) is 0.718. The van der Waals surface area contributed by atoms with E-state index in [-0.39, 0.29) is 12.3 Å². The molecule has 0 unspecified atom stereocenters. The molecule has 0 radical (unpaired) electrons. The van der Waals surface area contributed by atoms with E-state index in [0.717, 1.165) is 16.7 Å². The lowest BCUT2D eigenvalue weighted by atomic mass is 10.2. The lowest BCUT2D eigenvalue weighted by molar-refractivity contribution is -0.256. The van der Waals surface area contributed by atoms with E-state index in [1.54, 1.807) is 19.2 Å². The number of carbonyl (C=O) groups excluding carboxylic acids is 1. The molecule has 22 heavy (non-hydrogen) atoms. The highest BCUT2D eigenvalue weighted by Gasteiger charge is 2.10. The standard InChI is InChI=1S/C17H15NO4/c1-21-14-8-6-12(7-9-14)11-22-18-15-5-3-2-4-13(15)10-16(18)17(19)20/h2-10H,11H2,1H3,(H,19,20)/p-1. The lowest BCUT2D eigenvalue weighted by Crippen LogP contribution is -2.27. The Kier molecular flexibility index (Phi) is 3.70. The van der Waals surface area contributed by atoms with E-state index in [4.69, 9.17) is 9.57 Å². The molecule has 0 atom stereocenters. The molecule has 0 spiro atoms. The van der Waals surface area contributed by atoms with Gasteiger partial charge in [-0.15, -0.1) is 0 Å². The second-order valence-electron chi connectivity index (χ2n) is 4.79. The summed E-state index contributed by atoms with van der Waals surface area (Å²) in [5.41, 5.74) is 1.59. The number of methoxy groups -OCH3 is 1. The zero-order valence-corrected chi connectivity index (χ0v) is 12.0. The number of rotatable bonds is 5. The Morgan fingerprint density at radius 1 is 1.14 bits per heavy atom. The van der Waals surface area contributed by atoms with Crippen molar-refractivity contribution >= 4 is 16.9 Å². The summed E-state index contributed by atoms with van der Waals surface area (Å²) in [6.07, 6.45) is 0. The Labute approximate surface area is 127 Å². The van der Waals surface area contributed by atoms with Gasteiger partial charge in [0.2, 0.25) is 0 Å². The van der Waals surface area contributed by atoms with Crippen LogP contribution in [-0.2, 0) is 6.61 Å². The zero-order chi connectivity index (χ0) is 15.5. The normalized spacial score (nSPS) is 10.6. The number of nitrogens with zero attached hydrogens (tertiary/aromatic N) is 1. The van der Waals surface area contributed by atoms with E-state index in [0.29, 0.717) is 5.52 Å². The average Bonchev–Trinajstić information content (AvgIpc) is 2.92. The van der Waals surface area contributed by atoms with Gasteiger partial charge in [-0.25, -0.2) is 0 Å². The fourth-order valence-electron chi connectivity index (χ4n) is 2.27. The third kappa shape index (κ3) is 2.61. The van der Waals surface area contributed by atoms with Gasteiger partial charge in [0.25, 0.3) is 0 Å². The molecule has 0 aliphatic heterocycles. The van der Waals surface area contributed by atoms with Gasteiger partial charge in [-0.3, -0.25) is 0 Å². The van der Waals surface area contributed by atoms with E-state index < -0.39 is 5.97 Å². The number of benzene rings is 2. The first-order chi connectivity index (χ1) is 10.7. The summed E-state index contributed by atoms with van der Waals surface area (Å²) in [6.45, 7) is 0.239. The summed E-state index contributed by atoms with van der Waals surface area (Å²) >= 11 is 0. The molecule has 0 amide bonds. The minimum absolute atomic E-state index is 0.00490. The smallest absolute Gasteiger partial charge is 0.140 e. The third-order valence-electron chi connectivity index (χ3n) is 3.40. The minimum atomic E-state index is -1.27. The first-order valence-electron chi connectivity index (χ1n) is 6.77. The number of aromatic nitrogens is 1. The predicted octanol–water partition coefficient (Wildman–Crippen LogP) is 1.64. The van der Waals surface area contributed by atoms with Crippen molar-refractivity contribution in [2.45, 2.75) is 6.61 Å². The number of hydrogen-bond acceptors (Lipinski definition) is 4. The molecule has 0 saturated heterocycles. The second-order valence-corrected chi connectivity index (χ2v) is 4.79. The topological polar surface area (TPSA) is 63.5 Å². The summed E-state index contributed by atoms with van der Waals surface area (Å²) in [5, 5.41) is 12.0. The molecule has 0 aliphatic rings. The molecule has 5 heteroatoms. The van der Waals surface area contributed by atoms with Crippen LogP contribution in [-0.4, -0.2) is 17.8 Å². The highest BCUT2D eigenvalue weighted by Crippen LogP contribution is 2.19. The van der Waals surface area contributed by atoms with Crippen LogP contribution >= 0.6 is 0 Å². The van der Waals surface area contributed by atoms with Gasteiger partial charge in [0.15, 0.2) is 0 Å². The number of ether oxygens (including phenoxy) is 1. The number of carboxylic acid groups (broad SMARTS) is 1. The van der Waals surface area contributed by atoms with Crippen molar-refractivity contribution in [3.05, 3.63) is 65.9 Å². The van der Waals surface area contributed by atoms with Crippen LogP contribution in [0.25, 0.3) is 10.9 Å². The first-order valence-corrected chi connectivity index (χ1v) is 6.77. The van der Waals surface area contributed by atoms with Gasteiger partial charge < -0.3 is 19.5 Å². The molecule has 0 fully saturated rings. The number of hydrogen-bond donors (Lipinski definition) is 0. The molecule has 0 bridgehead atoms. The number of para-hydroxylation sites is 1. The molecule has 5 nitrogen and oxygen atoms in total. The van der Waals surface area contributed by atoms with Gasteiger partial charge in [-0.1, -0.05) is 30.3 Å². The molecule has 3 rings (SSSR count). The van der Waals surface area contributed by atoms with Crippen LogP contribution < -0.4 is 14.7 Å². The van der Waals surface area contributed by atoms with Crippen LogP contribution in [0, 0.1) is 0 Å². The maximum absolute atomic E-state index is 11.3. The highest BCUT2D eigenvalue weighted by atomic mass is 16.7. The van der Waals surface area contributed by atoms with E-state index in [9.17, 15) is 9.90 Å². The van der Waals surface area contributed by atoms with Gasteiger partial charge in [0.1, 0.15) is 18.1 Å². The summed E-state index contributed by atoms with van der Waals surface area (Å²) in [5.74, 6) is -0.517. The molecular formula is C17H14NO4-. The SMILES string of the molecule is COc1ccc(COn2c(C(=O)[O-])cc3ccccc32)cc1. The van der Waals surface area contributed by atoms with Gasteiger partial charge >= 0.3 is 0 Å². The Hall–Kier alpha value is -2.95. The Morgan fingerprint density at radius 3 is 2.55 bits per heavy atom. The Bertz CT molecular complexity index is 805. The van der Waals surface area contributed by atoms with Crippen molar-refractivity contribution in [2.24, 2.45) is 0 Å². The molecule has 1 heterocycles. The maximum atomic E-state index is 11.3. The van der Waals surface area contributed by atoms with Crippen LogP contribution in [0.4, 0.5) is 0 Å². The summed E-state index contributed by atoms with van der Waals surface area (Å²) in [4.78, 5) is 16.9. The van der Waals surface area contributed by atoms with Crippen molar-refractivity contribution in [3.8, 4) is 5.75 Å². The van der Waals surface area contributed by atoms with Gasteiger partial charge in [0.05, 0.1) is 18.6 Å². The Balaban J connectivity index is 1.88. The predicted molar refractivity (Wildman–Crippen MR) is 79.5 cm³/mol. The molecule has 0 N–H and O–H groups in total. The van der Waals surface area contributed by atoms with Crippen molar-refractivity contribution < 1.29 is 19.5 Å². The number of aromatic carboxylic acids is 1. The molecule has 0 saturated carbocycles. The average molecular weight is 296 g/mol. The number of carboxylic acids is 1. The number of carbonyl (C=O) groups is 1. The van der Waals surface area contributed by atoms with Crippen LogP contribution in [0.5, 0.6) is 5.75 Å². The van der Waals surface area contributed by atoms with Gasteiger partial charge in [-0.2, -0.15) is 4.73 Å². The van der Waals surface area contributed by atoms with Crippen LogP contribution in [0.15, 0.2) is 54.6 Å². The molecule has 2 aromatic carbocycles. The molecule has 112 valence electrons. The van der Waals surface area contributed by atoms with Crippen molar-refractivity contribution in [1.29, 1.82) is 0 Å². The van der Waals surface area contributed by atoms with E-state index in [1.807, 2.05) is 42.5 Å². The molecular weight excluding hydrogens is 282 g/mol. The van der Waals surface area contributed by atoms with E-state index in [2.05, 4.69) is 0 Å². The highest BCUT2D eigenvalue weighted by molar-refractivity contribution is 5.93. The second kappa shape index (κ2) is 5.81. The fourth-order valence-corrected chi connectivity index (χ4v) is 2.27. The zero-order valence-electron chi connectivity index (χ0n) is 12.0. The lowest BCUT2D eigenvalue weighted by Gasteiger charge is -2.13. The minimum Gasteiger partial charge on any atom is -0.543 e. The summed E-state index contributed by atoms with van der Waals surface area (Å²) < 4.78 is 6.40. The van der Waals surface area contributed by atoms with Crippen LogP contribution in [0.1, 0.15) is 16.1 Å². The Morgan fingerprint density at radius 2 is 1.86 bits per heavy atom. The summed E-state index contributed by atoms with van der Waals surface area (Å²) in [7, 11) is 1.60. The van der Waals surface area contributed by atoms with Crippen molar-refractivity contribution in [2.75, 3.05) is 7.11 Å². The largest absolute Gasteiger partial charge is 0.543 e. The van der Waals surface area contributed by atoms with E-state index in [1.165, 1.54) is 4.73 Å². The molecule has 1 aromatic heterocycles. The third-order valence-corrected chi connectivity index (χ3v) is 3.40. The van der Waals surface area contributed by atoms with Gasteiger partial charge in [0, 0.05) is 5.39 Å². The number of fused-ring (bicyclic) bond motifs is 1. The van der Waals surface area contributed by atoms with Gasteiger partial charge in [-0.05, 0) is 29.8 Å². The fraction of sp³-hybridized carbons (Fsp3) is 0.118. The van der Waals surface area contributed by atoms with E-state index >= 15 is 0 Å². The maximum Gasteiger partial charge on any atom is 0.140 e. The molecule has 3 aromatic rings. The van der Waals surface area contributed by atoms with Crippen LogP contribution in [0.2, 0.25) is 0 Å². The first kappa shape index (κ1) is 14.0. The van der Waals surface area contributed by atoms with Crippen LogP contribution in [0.3, 0.4) is 0 Å².